The van der Waals surface area contributed by atoms with Crippen molar-refractivity contribution in [3.63, 3.8) is 0 Å². The molecule has 0 saturated carbocycles. The van der Waals surface area contributed by atoms with Crippen molar-refractivity contribution in [3.05, 3.63) is 94.0 Å². The smallest absolute Gasteiger partial charge is 0.178 e. The van der Waals surface area contributed by atoms with Gasteiger partial charge < -0.3 is 14.2 Å². The summed E-state index contributed by atoms with van der Waals surface area (Å²) in [5.74, 6) is 2.47. The minimum atomic E-state index is -0.723. The molecule has 0 N–H and O–H groups in total. The lowest BCUT2D eigenvalue weighted by Crippen LogP contribution is -2.34. The number of hydrogen-bond acceptors (Lipinski definition) is 3. The molecule has 0 aliphatic carbocycles. The van der Waals surface area contributed by atoms with E-state index in [1.54, 1.807) is 14.2 Å². The lowest BCUT2D eigenvalue weighted by atomic mass is 9.83. The summed E-state index contributed by atoms with van der Waals surface area (Å²) in [6.45, 7) is 0. The fourth-order valence-corrected chi connectivity index (χ4v) is 3.69. The monoisotopic (exact) mass is 422 g/mol. The summed E-state index contributed by atoms with van der Waals surface area (Å²) < 4.78 is 18.3. The maximum atomic E-state index is 6.60. The molecular formula is C23H19BrO3. The van der Waals surface area contributed by atoms with Gasteiger partial charge in [-0.05, 0) is 48.5 Å². The van der Waals surface area contributed by atoms with Crippen molar-refractivity contribution in [2.45, 2.75) is 5.60 Å². The average molecular weight is 423 g/mol. The standard InChI is InChI=1S/C23H19BrO3/c1-25-20-8-3-17(4-9-20)23(18-5-10-21(26-2)11-6-18)14-13-16-15-19(24)7-12-22(16)27-23/h3-15H,1-2H3. The van der Waals surface area contributed by atoms with Crippen LogP contribution in [0.1, 0.15) is 16.7 Å². The first-order valence-corrected chi connectivity index (χ1v) is 9.41. The van der Waals surface area contributed by atoms with E-state index in [4.69, 9.17) is 14.2 Å². The van der Waals surface area contributed by atoms with Crippen LogP contribution in [0.3, 0.4) is 0 Å². The number of ether oxygens (including phenoxy) is 3. The normalized spacial score (nSPS) is 14.2. The molecule has 0 radical (unpaired) electrons. The van der Waals surface area contributed by atoms with Gasteiger partial charge in [0.05, 0.1) is 14.2 Å². The predicted octanol–water partition coefficient (Wildman–Crippen LogP) is 5.82. The highest BCUT2D eigenvalue weighted by molar-refractivity contribution is 9.10. The number of hydrogen-bond donors (Lipinski definition) is 0. The Kier molecular flexibility index (Phi) is 4.66. The third-order valence-electron chi connectivity index (χ3n) is 4.78. The molecule has 3 aromatic carbocycles. The topological polar surface area (TPSA) is 27.7 Å². The highest BCUT2D eigenvalue weighted by Crippen LogP contribution is 2.43. The second-order valence-electron chi connectivity index (χ2n) is 6.31. The number of fused-ring (bicyclic) bond motifs is 1. The quantitative estimate of drug-likeness (QED) is 0.530. The van der Waals surface area contributed by atoms with E-state index in [9.17, 15) is 0 Å². The Bertz CT molecular complexity index is 928. The summed E-state index contributed by atoms with van der Waals surface area (Å²) in [4.78, 5) is 0. The lowest BCUT2D eigenvalue weighted by molar-refractivity contribution is 0.161. The van der Waals surface area contributed by atoms with Crippen LogP contribution in [0.15, 0.2) is 77.3 Å². The van der Waals surface area contributed by atoms with Crippen molar-refractivity contribution in [2.75, 3.05) is 14.2 Å². The Morgan fingerprint density at radius 3 is 1.85 bits per heavy atom. The van der Waals surface area contributed by atoms with E-state index in [0.29, 0.717) is 0 Å². The number of halogens is 1. The van der Waals surface area contributed by atoms with Crippen molar-refractivity contribution >= 4 is 22.0 Å². The van der Waals surface area contributed by atoms with E-state index in [-0.39, 0.29) is 0 Å². The summed E-state index contributed by atoms with van der Waals surface area (Å²) in [6.07, 6.45) is 4.21. The summed E-state index contributed by atoms with van der Waals surface area (Å²) in [5, 5.41) is 0. The van der Waals surface area contributed by atoms with Gasteiger partial charge in [-0.3, -0.25) is 0 Å². The van der Waals surface area contributed by atoms with Crippen LogP contribution in [0.5, 0.6) is 17.2 Å². The highest BCUT2D eigenvalue weighted by atomic mass is 79.9. The van der Waals surface area contributed by atoms with E-state index >= 15 is 0 Å². The summed E-state index contributed by atoms with van der Waals surface area (Å²) in [5.41, 5.74) is 2.37. The van der Waals surface area contributed by atoms with Crippen molar-refractivity contribution < 1.29 is 14.2 Å². The van der Waals surface area contributed by atoms with Crippen molar-refractivity contribution in [1.82, 2.24) is 0 Å². The van der Waals surface area contributed by atoms with Gasteiger partial charge in [0.25, 0.3) is 0 Å². The molecule has 4 rings (SSSR count). The first-order chi connectivity index (χ1) is 13.1. The molecule has 0 spiro atoms. The van der Waals surface area contributed by atoms with E-state index < -0.39 is 5.60 Å². The Morgan fingerprint density at radius 1 is 0.778 bits per heavy atom. The minimum Gasteiger partial charge on any atom is -0.497 e. The van der Waals surface area contributed by atoms with Crippen LogP contribution in [0.2, 0.25) is 0 Å². The molecule has 27 heavy (non-hydrogen) atoms. The first kappa shape index (κ1) is 17.7. The van der Waals surface area contributed by atoms with Gasteiger partial charge in [0, 0.05) is 21.2 Å². The Hall–Kier alpha value is -2.72. The molecule has 0 saturated heterocycles. The van der Waals surface area contributed by atoms with Gasteiger partial charge in [-0.1, -0.05) is 46.3 Å². The van der Waals surface area contributed by atoms with Crippen molar-refractivity contribution in [2.24, 2.45) is 0 Å². The molecule has 3 nitrogen and oxygen atoms in total. The van der Waals surface area contributed by atoms with Crippen LogP contribution < -0.4 is 14.2 Å². The highest BCUT2D eigenvalue weighted by Gasteiger charge is 2.37. The SMILES string of the molecule is COc1ccc(C2(c3ccc(OC)cc3)C=Cc3cc(Br)ccc3O2)cc1. The zero-order valence-electron chi connectivity index (χ0n) is 15.1. The van der Waals surface area contributed by atoms with Gasteiger partial charge in [0.2, 0.25) is 0 Å². The average Bonchev–Trinajstić information content (AvgIpc) is 2.73. The van der Waals surface area contributed by atoms with E-state index in [2.05, 4.69) is 34.1 Å². The molecule has 0 bridgehead atoms. The molecular weight excluding hydrogens is 404 g/mol. The molecule has 0 amide bonds. The predicted molar refractivity (Wildman–Crippen MR) is 111 cm³/mol. The zero-order chi connectivity index (χ0) is 18.9. The van der Waals surface area contributed by atoms with Crippen LogP contribution in [0.4, 0.5) is 0 Å². The molecule has 136 valence electrons. The van der Waals surface area contributed by atoms with Gasteiger partial charge in [-0.25, -0.2) is 0 Å². The number of methoxy groups -OCH3 is 2. The molecule has 0 unspecified atom stereocenters. The van der Waals surface area contributed by atoms with Gasteiger partial charge in [-0.15, -0.1) is 0 Å². The number of rotatable bonds is 4. The summed E-state index contributed by atoms with van der Waals surface area (Å²) in [7, 11) is 3.33. The fraction of sp³-hybridized carbons (Fsp3) is 0.130. The molecule has 1 heterocycles. The van der Waals surface area contributed by atoms with Crippen LogP contribution >= 0.6 is 15.9 Å². The van der Waals surface area contributed by atoms with E-state index in [0.717, 1.165) is 38.4 Å². The molecule has 0 fully saturated rings. The van der Waals surface area contributed by atoms with Crippen molar-refractivity contribution in [1.29, 1.82) is 0 Å². The Balaban J connectivity index is 1.86. The van der Waals surface area contributed by atoms with E-state index in [1.165, 1.54) is 0 Å². The van der Waals surface area contributed by atoms with Gasteiger partial charge in [-0.2, -0.15) is 0 Å². The van der Waals surface area contributed by atoms with Crippen LogP contribution in [-0.4, -0.2) is 14.2 Å². The minimum absolute atomic E-state index is 0.723. The first-order valence-electron chi connectivity index (χ1n) is 8.61. The molecule has 1 aliphatic heterocycles. The molecule has 1 aliphatic rings. The third kappa shape index (κ3) is 3.21. The molecule has 4 heteroatoms. The molecule has 0 aromatic heterocycles. The van der Waals surface area contributed by atoms with Gasteiger partial charge in [0.1, 0.15) is 17.2 Å². The summed E-state index contributed by atoms with van der Waals surface area (Å²) in [6, 6.07) is 22.0. The second kappa shape index (κ2) is 7.12. The largest absolute Gasteiger partial charge is 0.497 e. The Morgan fingerprint density at radius 2 is 1.33 bits per heavy atom. The third-order valence-corrected chi connectivity index (χ3v) is 5.27. The molecule has 0 atom stereocenters. The maximum Gasteiger partial charge on any atom is 0.178 e. The zero-order valence-corrected chi connectivity index (χ0v) is 16.7. The van der Waals surface area contributed by atoms with Gasteiger partial charge >= 0.3 is 0 Å². The fourth-order valence-electron chi connectivity index (χ4n) is 3.31. The maximum absolute atomic E-state index is 6.60. The van der Waals surface area contributed by atoms with Crippen molar-refractivity contribution in [3.8, 4) is 17.2 Å². The molecule has 3 aromatic rings. The second-order valence-corrected chi connectivity index (χ2v) is 7.23. The van der Waals surface area contributed by atoms with E-state index in [1.807, 2.05) is 60.7 Å². The summed E-state index contributed by atoms with van der Waals surface area (Å²) >= 11 is 3.52. The van der Waals surface area contributed by atoms with Gasteiger partial charge in [0.15, 0.2) is 5.60 Å². The number of benzene rings is 3. The lowest BCUT2D eigenvalue weighted by Gasteiger charge is -2.36. The van der Waals surface area contributed by atoms with Crippen LogP contribution in [0.25, 0.3) is 6.08 Å². The Labute approximate surface area is 167 Å². The van der Waals surface area contributed by atoms with Crippen LogP contribution in [-0.2, 0) is 5.60 Å². The van der Waals surface area contributed by atoms with Crippen LogP contribution in [0, 0.1) is 0 Å².